The molecule has 1 aromatic rings. The zero-order valence-electron chi connectivity index (χ0n) is 18.8. The molecule has 1 aliphatic heterocycles. The first kappa shape index (κ1) is 23.4. The summed E-state index contributed by atoms with van der Waals surface area (Å²) in [5.74, 6) is -0.893. The van der Waals surface area contributed by atoms with Crippen LogP contribution in [0.4, 0.5) is 26.2 Å². The molecule has 0 bridgehead atoms. The van der Waals surface area contributed by atoms with Gasteiger partial charge in [-0.25, -0.2) is 14.0 Å². The minimum absolute atomic E-state index is 0.252. The first-order valence-electron chi connectivity index (χ1n) is 10.8. The SMILES string of the molecule is CCOC(=O)c1ccc2ccc(Nc3ccc(N4C[C@H](CNC(C)=S)OC4=O)cc3F)ccc1-2. The molecule has 34 heavy (non-hydrogen) atoms. The van der Waals surface area contributed by atoms with Gasteiger partial charge in [0.05, 0.1) is 41.6 Å². The van der Waals surface area contributed by atoms with E-state index < -0.39 is 11.9 Å². The number of esters is 1. The molecule has 7 nitrogen and oxygen atoms in total. The highest BCUT2D eigenvalue weighted by atomic mass is 32.1. The quantitative estimate of drug-likeness (QED) is 0.358. The number of hydrogen-bond acceptors (Lipinski definition) is 6. The molecule has 3 aliphatic rings. The molecule has 4 rings (SSSR count). The number of nitrogens with one attached hydrogen (secondary N) is 2. The third kappa shape index (κ3) is 5.09. The summed E-state index contributed by atoms with van der Waals surface area (Å²) in [6, 6.07) is 15.3. The second-order valence-electron chi connectivity index (χ2n) is 7.80. The van der Waals surface area contributed by atoms with E-state index in [4.69, 9.17) is 21.7 Å². The van der Waals surface area contributed by atoms with Gasteiger partial charge in [-0.2, -0.15) is 0 Å². The summed E-state index contributed by atoms with van der Waals surface area (Å²) in [6.07, 6.45) is -0.900. The van der Waals surface area contributed by atoms with Gasteiger partial charge in [0, 0.05) is 5.69 Å². The van der Waals surface area contributed by atoms with E-state index in [9.17, 15) is 14.0 Å². The first-order chi connectivity index (χ1) is 16.4. The van der Waals surface area contributed by atoms with Crippen molar-refractivity contribution in [2.75, 3.05) is 29.9 Å². The van der Waals surface area contributed by atoms with Gasteiger partial charge in [0.2, 0.25) is 0 Å². The molecule has 1 heterocycles. The van der Waals surface area contributed by atoms with Gasteiger partial charge < -0.3 is 20.1 Å². The molecule has 0 radical (unpaired) electrons. The predicted octanol–water partition coefficient (Wildman–Crippen LogP) is 5.11. The number of hydrogen-bond donors (Lipinski definition) is 2. The van der Waals surface area contributed by atoms with Crippen LogP contribution in [-0.2, 0) is 9.47 Å². The van der Waals surface area contributed by atoms with Crippen molar-refractivity contribution >= 4 is 46.3 Å². The van der Waals surface area contributed by atoms with Crippen LogP contribution in [-0.4, -0.2) is 42.9 Å². The minimum Gasteiger partial charge on any atom is -0.462 e. The standard InChI is InChI=1S/C25H24FN3O4S/c1-3-32-24(30)21-9-5-16-4-6-17(7-10-20(16)21)28-23-11-8-18(12-22(23)26)29-14-19(33-25(29)31)13-27-15(2)34/h4-12,19,28H,3,13-14H2,1-2H3,(H,27,34)/t19-/m0/s1. The van der Waals surface area contributed by atoms with E-state index in [0.717, 1.165) is 11.1 Å². The zero-order chi connectivity index (χ0) is 24.2. The molecular formula is C25H24FN3O4S. The molecule has 0 aromatic heterocycles. The topological polar surface area (TPSA) is 79.9 Å². The van der Waals surface area contributed by atoms with E-state index >= 15 is 0 Å². The van der Waals surface area contributed by atoms with Crippen molar-refractivity contribution in [2.24, 2.45) is 0 Å². The fourth-order valence-corrected chi connectivity index (χ4v) is 3.83. The van der Waals surface area contributed by atoms with Gasteiger partial charge >= 0.3 is 12.1 Å². The molecule has 176 valence electrons. The van der Waals surface area contributed by atoms with Gasteiger partial charge in [-0.1, -0.05) is 30.4 Å². The zero-order valence-corrected chi connectivity index (χ0v) is 19.6. The Morgan fingerprint density at radius 3 is 2.71 bits per heavy atom. The van der Waals surface area contributed by atoms with Crippen molar-refractivity contribution in [1.29, 1.82) is 0 Å². The largest absolute Gasteiger partial charge is 0.462 e. The van der Waals surface area contributed by atoms with E-state index in [2.05, 4.69) is 10.6 Å². The predicted molar refractivity (Wildman–Crippen MR) is 133 cm³/mol. The number of carbonyl (C=O) groups is 2. The summed E-state index contributed by atoms with van der Waals surface area (Å²) in [6.45, 7) is 4.51. The van der Waals surface area contributed by atoms with Gasteiger partial charge in [0.15, 0.2) is 0 Å². The Morgan fingerprint density at radius 2 is 1.97 bits per heavy atom. The number of fused-ring (bicyclic) bond motifs is 1. The van der Waals surface area contributed by atoms with Crippen LogP contribution in [0.1, 0.15) is 24.2 Å². The molecule has 1 aromatic carbocycles. The van der Waals surface area contributed by atoms with E-state index in [1.165, 1.54) is 11.0 Å². The van der Waals surface area contributed by atoms with Crippen LogP contribution in [0.25, 0.3) is 11.1 Å². The van der Waals surface area contributed by atoms with Crippen molar-refractivity contribution in [3.63, 3.8) is 0 Å². The average Bonchev–Trinajstić information content (AvgIpc) is 3.32. The molecule has 0 saturated carbocycles. The van der Waals surface area contributed by atoms with Gasteiger partial charge in [0.25, 0.3) is 0 Å². The Kier molecular flexibility index (Phi) is 6.93. The molecule has 1 fully saturated rings. The normalized spacial score (nSPS) is 15.2. The van der Waals surface area contributed by atoms with Crippen LogP contribution in [0.3, 0.4) is 0 Å². The third-order valence-corrected chi connectivity index (χ3v) is 5.54. The average molecular weight is 482 g/mol. The first-order valence-corrected chi connectivity index (χ1v) is 11.3. The smallest absolute Gasteiger partial charge is 0.414 e. The minimum atomic E-state index is -0.528. The highest BCUT2D eigenvalue weighted by molar-refractivity contribution is 7.80. The highest BCUT2D eigenvalue weighted by Gasteiger charge is 2.32. The van der Waals surface area contributed by atoms with Crippen LogP contribution >= 0.6 is 12.2 Å². The number of ether oxygens (including phenoxy) is 2. The number of nitrogens with zero attached hydrogens (tertiary/aromatic N) is 1. The Bertz CT molecular complexity index is 1220. The van der Waals surface area contributed by atoms with E-state index in [1.54, 1.807) is 50.2 Å². The molecule has 0 unspecified atom stereocenters. The van der Waals surface area contributed by atoms with Crippen molar-refractivity contribution in [1.82, 2.24) is 5.32 Å². The van der Waals surface area contributed by atoms with Crippen LogP contribution in [0.15, 0.2) is 54.6 Å². The number of amides is 1. The van der Waals surface area contributed by atoms with Gasteiger partial charge in [-0.3, -0.25) is 4.90 Å². The maximum absolute atomic E-state index is 14.9. The van der Waals surface area contributed by atoms with E-state index in [0.29, 0.717) is 41.6 Å². The molecule has 1 atom stereocenters. The summed E-state index contributed by atoms with van der Waals surface area (Å²) >= 11 is 4.98. The van der Waals surface area contributed by atoms with E-state index in [1.807, 2.05) is 12.1 Å². The molecule has 0 spiro atoms. The lowest BCUT2D eigenvalue weighted by molar-refractivity contribution is 0.0527. The monoisotopic (exact) mass is 481 g/mol. The number of halogens is 1. The van der Waals surface area contributed by atoms with Gasteiger partial charge in [0.1, 0.15) is 11.9 Å². The van der Waals surface area contributed by atoms with Crippen molar-refractivity contribution < 1.29 is 23.5 Å². The molecule has 2 aliphatic carbocycles. The highest BCUT2D eigenvalue weighted by Crippen LogP contribution is 2.31. The lowest BCUT2D eigenvalue weighted by Gasteiger charge is -2.15. The second kappa shape index (κ2) is 10.0. The van der Waals surface area contributed by atoms with Crippen LogP contribution in [0.5, 0.6) is 0 Å². The molecule has 1 amide bonds. The Labute approximate surface area is 202 Å². The number of thiocarbonyl (C=S) groups is 1. The summed E-state index contributed by atoms with van der Waals surface area (Å²) in [4.78, 5) is 26.4. The summed E-state index contributed by atoms with van der Waals surface area (Å²) < 4.78 is 25.3. The van der Waals surface area contributed by atoms with Crippen molar-refractivity contribution in [3.05, 3.63) is 66.0 Å². The number of carbonyl (C=O) groups excluding carboxylic acids is 2. The molecule has 9 heteroatoms. The second-order valence-corrected chi connectivity index (χ2v) is 8.41. The number of anilines is 3. The van der Waals surface area contributed by atoms with Gasteiger partial charge in [-0.15, -0.1) is 0 Å². The fourth-order valence-electron chi connectivity index (χ4n) is 3.74. The Balaban J connectivity index is 1.49. The summed E-state index contributed by atoms with van der Waals surface area (Å²) in [5.41, 5.74) is 3.41. The van der Waals surface area contributed by atoms with Gasteiger partial charge in [-0.05, 0) is 61.4 Å². The molecular weight excluding hydrogens is 457 g/mol. The fraction of sp³-hybridized carbons (Fsp3) is 0.240. The third-order valence-electron chi connectivity index (χ3n) is 5.39. The maximum Gasteiger partial charge on any atom is 0.414 e. The maximum atomic E-state index is 14.9. The molecule has 2 N–H and O–H groups in total. The molecule has 1 saturated heterocycles. The van der Waals surface area contributed by atoms with Crippen molar-refractivity contribution in [2.45, 2.75) is 20.0 Å². The van der Waals surface area contributed by atoms with Crippen LogP contribution < -0.4 is 15.5 Å². The number of rotatable bonds is 7. The number of cyclic esters (lactones) is 1. The summed E-state index contributed by atoms with van der Waals surface area (Å²) in [5, 5.41) is 6.02. The number of benzene rings is 1. The van der Waals surface area contributed by atoms with E-state index in [-0.39, 0.29) is 17.8 Å². The lowest BCUT2D eigenvalue weighted by Crippen LogP contribution is -2.32. The Morgan fingerprint density at radius 1 is 1.21 bits per heavy atom. The van der Waals surface area contributed by atoms with Crippen molar-refractivity contribution in [3.8, 4) is 11.1 Å². The van der Waals surface area contributed by atoms with Crippen LogP contribution in [0, 0.1) is 5.82 Å². The lowest BCUT2D eigenvalue weighted by atomic mass is 10.1. The Hall–Kier alpha value is -3.72. The van der Waals surface area contributed by atoms with Crippen LogP contribution in [0.2, 0.25) is 0 Å². The summed E-state index contributed by atoms with van der Waals surface area (Å²) in [7, 11) is 0.